The maximum atomic E-state index is 3.61. The van der Waals surface area contributed by atoms with Crippen LogP contribution >= 0.6 is 0 Å². The summed E-state index contributed by atoms with van der Waals surface area (Å²) in [7, 11) is 0. The SMILES string of the molecule is CCc1ccc(CNC(C)CCc2ccccc2)cc1. The van der Waals surface area contributed by atoms with Gasteiger partial charge in [0.2, 0.25) is 0 Å². The second-order valence-corrected chi connectivity index (χ2v) is 5.48. The molecular formula is C19H25N. The van der Waals surface area contributed by atoms with E-state index < -0.39 is 0 Å². The molecule has 2 aromatic rings. The second-order valence-electron chi connectivity index (χ2n) is 5.48. The van der Waals surface area contributed by atoms with Crippen molar-refractivity contribution in [1.82, 2.24) is 5.32 Å². The average Bonchev–Trinajstić information content (AvgIpc) is 2.52. The molecule has 0 aliphatic carbocycles. The molecule has 0 heterocycles. The average molecular weight is 267 g/mol. The lowest BCUT2D eigenvalue weighted by molar-refractivity contribution is 0.514. The summed E-state index contributed by atoms with van der Waals surface area (Å²) in [4.78, 5) is 0. The third-order valence-corrected chi connectivity index (χ3v) is 3.79. The lowest BCUT2D eigenvalue weighted by Gasteiger charge is -2.14. The molecule has 1 heteroatoms. The molecule has 106 valence electrons. The van der Waals surface area contributed by atoms with Crippen molar-refractivity contribution >= 4 is 0 Å². The van der Waals surface area contributed by atoms with Crippen LogP contribution in [-0.4, -0.2) is 6.04 Å². The van der Waals surface area contributed by atoms with Crippen molar-refractivity contribution in [2.24, 2.45) is 0 Å². The molecule has 20 heavy (non-hydrogen) atoms. The maximum absolute atomic E-state index is 3.61. The van der Waals surface area contributed by atoms with Gasteiger partial charge in [-0.3, -0.25) is 0 Å². The Labute approximate surface area is 123 Å². The molecule has 0 saturated heterocycles. The van der Waals surface area contributed by atoms with Gasteiger partial charge >= 0.3 is 0 Å². The fourth-order valence-corrected chi connectivity index (χ4v) is 2.31. The van der Waals surface area contributed by atoms with E-state index in [-0.39, 0.29) is 0 Å². The van der Waals surface area contributed by atoms with E-state index >= 15 is 0 Å². The highest BCUT2D eigenvalue weighted by atomic mass is 14.9. The van der Waals surface area contributed by atoms with Crippen LogP contribution in [0.4, 0.5) is 0 Å². The summed E-state index contributed by atoms with van der Waals surface area (Å²) in [5.74, 6) is 0. The second kappa shape index (κ2) is 7.86. The minimum Gasteiger partial charge on any atom is -0.310 e. The Morgan fingerprint density at radius 2 is 1.50 bits per heavy atom. The third kappa shape index (κ3) is 4.82. The molecule has 0 bridgehead atoms. The molecule has 1 nitrogen and oxygen atoms in total. The number of hydrogen-bond acceptors (Lipinski definition) is 1. The summed E-state index contributed by atoms with van der Waals surface area (Å²) in [6, 6.07) is 20.2. The van der Waals surface area contributed by atoms with Crippen LogP contribution in [0.3, 0.4) is 0 Å². The molecule has 1 unspecified atom stereocenters. The summed E-state index contributed by atoms with van der Waals surface area (Å²) in [6.45, 7) is 5.42. The van der Waals surface area contributed by atoms with Gasteiger partial charge in [0.1, 0.15) is 0 Å². The molecule has 0 aliphatic heterocycles. The molecule has 0 saturated carbocycles. The first-order chi connectivity index (χ1) is 9.78. The Morgan fingerprint density at radius 1 is 0.850 bits per heavy atom. The molecule has 2 aromatic carbocycles. The third-order valence-electron chi connectivity index (χ3n) is 3.79. The minimum atomic E-state index is 0.543. The predicted octanol–water partition coefficient (Wildman–Crippen LogP) is 4.36. The van der Waals surface area contributed by atoms with Gasteiger partial charge in [-0.05, 0) is 42.9 Å². The zero-order chi connectivity index (χ0) is 14.2. The van der Waals surface area contributed by atoms with E-state index in [9.17, 15) is 0 Å². The first kappa shape index (κ1) is 14.8. The van der Waals surface area contributed by atoms with E-state index in [1.54, 1.807) is 0 Å². The quantitative estimate of drug-likeness (QED) is 0.786. The van der Waals surface area contributed by atoms with Crippen LogP contribution in [0.25, 0.3) is 0 Å². The standard InChI is InChI=1S/C19H25N/c1-3-17-11-13-19(14-12-17)15-20-16(2)9-10-18-7-5-4-6-8-18/h4-8,11-14,16,20H,3,9-10,15H2,1-2H3. The Hall–Kier alpha value is -1.60. The van der Waals surface area contributed by atoms with Gasteiger partial charge in [-0.25, -0.2) is 0 Å². The van der Waals surface area contributed by atoms with Gasteiger partial charge in [-0.2, -0.15) is 0 Å². The number of aryl methyl sites for hydroxylation is 2. The monoisotopic (exact) mass is 267 g/mol. The minimum absolute atomic E-state index is 0.543. The van der Waals surface area contributed by atoms with Crippen molar-refractivity contribution in [2.45, 2.75) is 45.7 Å². The van der Waals surface area contributed by atoms with Crippen LogP contribution < -0.4 is 5.32 Å². The molecule has 2 rings (SSSR count). The highest BCUT2D eigenvalue weighted by Crippen LogP contribution is 2.07. The van der Waals surface area contributed by atoms with Gasteiger partial charge in [0, 0.05) is 12.6 Å². The fraction of sp³-hybridized carbons (Fsp3) is 0.368. The van der Waals surface area contributed by atoms with Crippen molar-refractivity contribution in [3.63, 3.8) is 0 Å². The maximum Gasteiger partial charge on any atom is 0.0207 e. The smallest absolute Gasteiger partial charge is 0.0207 e. The van der Waals surface area contributed by atoms with Gasteiger partial charge < -0.3 is 5.32 Å². The predicted molar refractivity (Wildman–Crippen MR) is 86.9 cm³/mol. The fourth-order valence-electron chi connectivity index (χ4n) is 2.31. The molecule has 0 radical (unpaired) electrons. The Balaban J connectivity index is 1.73. The van der Waals surface area contributed by atoms with Gasteiger partial charge in [0.15, 0.2) is 0 Å². The lowest BCUT2D eigenvalue weighted by Crippen LogP contribution is -2.25. The number of hydrogen-bond donors (Lipinski definition) is 1. The molecule has 1 atom stereocenters. The number of nitrogens with one attached hydrogen (secondary N) is 1. The van der Waals surface area contributed by atoms with Crippen molar-refractivity contribution in [3.8, 4) is 0 Å². The summed E-state index contributed by atoms with van der Waals surface area (Å²) in [6.07, 6.45) is 3.43. The molecule has 0 aliphatic rings. The normalized spacial score (nSPS) is 12.3. The van der Waals surface area contributed by atoms with Crippen LogP contribution in [0.5, 0.6) is 0 Å². The van der Waals surface area contributed by atoms with Crippen molar-refractivity contribution in [3.05, 3.63) is 71.3 Å². The molecule has 0 amide bonds. The van der Waals surface area contributed by atoms with Crippen LogP contribution in [0.1, 0.15) is 37.0 Å². The number of benzene rings is 2. The molecule has 1 N–H and O–H groups in total. The topological polar surface area (TPSA) is 12.0 Å². The van der Waals surface area contributed by atoms with E-state index in [2.05, 4.69) is 73.8 Å². The van der Waals surface area contributed by atoms with Crippen LogP contribution in [0.15, 0.2) is 54.6 Å². The largest absolute Gasteiger partial charge is 0.310 e. The zero-order valence-electron chi connectivity index (χ0n) is 12.6. The van der Waals surface area contributed by atoms with Gasteiger partial charge in [-0.15, -0.1) is 0 Å². The summed E-state index contributed by atoms with van der Waals surface area (Å²) < 4.78 is 0. The summed E-state index contributed by atoms with van der Waals surface area (Å²) in [5.41, 5.74) is 4.20. The number of rotatable bonds is 7. The van der Waals surface area contributed by atoms with E-state index in [0.29, 0.717) is 6.04 Å². The summed E-state index contributed by atoms with van der Waals surface area (Å²) in [5, 5.41) is 3.61. The molecule has 0 fully saturated rings. The van der Waals surface area contributed by atoms with Crippen molar-refractivity contribution < 1.29 is 0 Å². The molecular weight excluding hydrogens is 242 g/mol. The van der Waals surface area contributed by atoms with E-state index in [1.165, 1.54) is 23.1 Å². The van der Waals surface area contributed by atoms with E-state index in [4.69, 9.17) is 0 Å². The van der Waals surface area contributed by atoms with E-state index in [1.807, 2.05) is 0 Å². The zero-order valence-corrected chi connectivity index (χ0v) is 12.6. The van der Waals surface area contributed by atoms with Crippen LogP contribution in [-0.2, 0) is 19.4 Å². The Kier molecular flexibility index (Phi) is 5.82. The molecule has 0 aromatic heterocycles. The van der Waals surface area contributed by atoms with Gasteiger partial charge in [-0.1, -0.05) is 61.5 Å². The van der Waals surface area contributed by atoms with Gasteiger partial charge in [0.25, 0.3) is 0 Å². The first-order valence-corrected chi connectivity index (χ1v) is 7.63. The lowest BCUT2D eigenvalue weighted by atomic mass is 10.1. The Bertz CT molecular complexity index is 487. The van der Waals surface area contributed by atoms with Crippen molar-refractivity contribution in [1.29, 1.82) is 0 Å². The van der Waals surface area contributed by atoms with Crippen LogP contribution in [0.2, 0.25) is 0 Å². The van der Waals surface area contributed by atoms with Crippen molar-refractivity contribution in [2.75, 3.05) is 0 Å². The van der Waals surface area contributed by atoms with Crippen LogP contribution in [0, 0.1) is 0 Å². The molecule has 0 spiro atoms. The first-order valence-electron chi connectivity index (χ1n) is 7.63. The van der Waals surface area contributed by atoms with E-state index in [0.717, 1.165) is 19.4 Å². The highest BCUT2D eigenvalue weighted by molar-refractivity contribution is 5.22. The summed E-state index contributed by atoms with van der Waals surface area (Å²) >= 11 is 0. The van der Waals surface area contributed by atoms with Gasteiger partial charge in [0.05, 0.1) is 0 Å². The Morgan fingerprint density at radius 3 is 2.15 bits per heavy atom. The highest BCUT2D eigenvalue weighted by Gasteiger charge is 2.02.